The summed E-state index contributed by atoms with van der Waals surface area (Å²) in [5.74, 6) is 1.18. The highest BCUT2D eigenvalue weighted by Gasteiger charge is 2.29. The molecule has 0 radical (unpaired) electrons. The number of pyridine rings is 1. The number of aromatic nitrogens is 1. The Morgan fingerprint density at radius 2 is 1.72 bits per heavy atom. The third kappa shape index (κ3) is 2.93. The molecule has 1 heterocycles. The van der Waals surface area contributed by atoms with Crippen LogP contribution in [0.5, 0.6) is 5.75 Å². The number of benzene rings is 2. The van der Waals surface area contributed by atoms with Gasteiger partial charge >= 0.3 is 0 Å². The van der Waals surface area contributed by atoms with Crippen LogP contribution in [0.1, 0.15) is 34.0 Å². The molecule has 2 aromatic carbocycles. The van der Waals surface area contributed by atoms with Gasteiger partial charge in [0.1, 0.15) is 5.75 Å². The van der Waals surface area contributed by atoms with E-state index in [9.17, 15) is 4.79 Å². The zero-order valence-electron chi connectivity index (χ0n) is 14.1. The van der Waals surface area contributed by atoms with Gasteiger partial charge in [-0.1, -0.05) is 42.5 Å². The molecule has 0 bridgehead atoms. The first-order valence-corrected chi connectivity index (χ1v) is 8.46. The number of ketones is 1. The summed E-state index contributed by atoms with van der Waals surface area (Å²) < 4.78 is 5.22. The minimum Gasteiger partial charge on any atom is -0.497 e. The molecule has 3 nitrogen and oxygen atoms in total. The summed E-state index contributed by atoms with van der Waals surface area (Å²) in [5, 5.41) is 0. The second-order valence-electron chi connectivity index (χ2n) is 6.35. The summed E-state index contributed by atoms with van der Waals surface area (Å²) in [6.07, 6.45) is 3.11. The molecule has 1 aliphatic rings. The van der Waals surface area contributed by atoms with E-state index >= 15 is 0 Å². The molecule has 1 atom stereocenters. The van der Waals surface area contributed by atoms with E-state index < -0.39 is 0 Å². The van der Waals surface area contributed by atoms with Gasteiger partial charge in [-0.25, -0.2) is 0 Å². The molecule has 0 fully saturated rings. The molecule has 0 saturated carbocycles. The van der Waals surface area contributed by atoms with Crippen LogP contribution in [0.15, 0.2) is 66.9 Å². The second kappa shape index (κ2) is 6.52. The van der Waals surface area contributed by atoms with E-state index in [1.165, 1.54) is 0 Å². The Kier molecular flexibility index (Phi) is 4.06. The maximum Gasteiger partial charge on any atom is 0.165 e. The molecule has 0 saturated heterocycles. The Morgan fingerprint density at radius 3 is 2.44 bits per heavy atom. The molecule has 0 N–H and O–H groups in total. The quantitative estimate of drug-likeness (QED) is 0.701. The minimum absolute atomic E-state index is 0.171. The maximum atomic E-state index is 12.9. The lowest BCUT2D eigenvalue weighted by atomic mass is 9.79. The van der Waals surface area contributed by atoms with Gasteiger partial charge in [-0.15, -0.1) is 0 Å². The number of hydrogen-bond donors (Lipinski definition) is 0. The van der Waals surface area contributed by atoms with E-state index in [4.69, 9.17) is 4.74 Å². The first-order chi connectivity index (χ1) is 12.3. The maximum absolute atomic E-state index is 12.9. The van der Waals surface area contributed by atoms with Crippen LogP contribution in [0.2, 0.25) is 0 Å². The Morgan fingerprint density at radius 1 is 0.960 bits per heavy atom. The first-order valence-electron chi connectivity index (χ1n) is 8.46. The average molecular weight is 329 g/mol. The van der Waals surface area contributed by atoms with Crippen molar-refractivity contribution in [2.45, 2.75) is 18.8 Å². The van der Waals surface area contributed by atoms with Gasteiger partial charge in [0.25, 0.3) is 0 Å². The Balaban J connectivity index is 1.71. The van der Waals surface area contributed by atoms with E-state index in [1.807, 2.05) is 66.9 Å². The van der Waals surface area contributed by atoms with Gasteiger partial charge in [0.05, 0.1) is 12.8 Å². The van der Waals surface area contributed by atoms with Crippen molar-refractivity contribution >= 4 is 5.78 Å². The molecule has 124 valence electrons. The van der Waals surface area contributed by atoms with Gasteiger partial charge in [0.15, 0.2) is 5.78 Å². The van der Waals surface area contributed by atoms with Crippen molar-refractivity contribution in [2.75, 3.05) is 7.11 Å². The second-order valence-corrected chi connectivity index (χ2v) is 6.35. The largest absolute Gasteiger partial charge is 0.497 e. The number of rotatable bonds is 3. The third-order valence-corrected chi connectivity index (χ3v) is 4.85. The lowest BCUT2D eigenvalue weighted by Gasteiger charge is -2.25. The van der Waals surface area contributed by atoms with Crippen LogP contribution < -0.4 is 4.74 Å². The number of nitrogens with zero attached hydrogens (tertiary/aromatic N) is 1. The molecule has 25 heavy (non-hydrogen) atoms. The van der Waals surface area contributed by atoms with Crippen molar-refractivity contribution in [2.24, 2.45) is 0 Å². The monoisotopic (exact) mass is 329 g/mol. The van der Waals surface area contributed by atoms with E-state index in [1.54, 1.807) is 7.11 Å². The molecule has 4 rings (SSSR count). The zero-order valence-corrected chi connectivity index (χ0v) is 14.1. The topological polar surface area (TPSA) is 39.2 Å². The standard InChI is InChI=1S/C22H19NO2/c1-25-18-9-7-15(8-10-18)17-13-20-22(21(24)14-17)19(11-12-23-20)16-5-3-2-4-6-16/h2-12,17H,13-14H2,1H3. The summed E-state index contributed by atoms with van der Waals surface area (Å²) >= 11 is 0. The van der Waals surface area contributed by atoms with Crippen molar-refractivity contribution in [1.82, 2.24) is 4.98 Å². The number of Topliss-reactive ketones (excluding diaryl/α,β-unsaturated/α-hetero) is 1. The highest BCUT2D eigenvalue weighted by atomic mass is 16.5. The first kappa shape index (κ1) is 15.6. The van der Waals surface area contributed by atoms with Gasteiger partial charge in [-0.2, -0.15) is 0 Å². The molecule has 3 aromatic rings. The molecule has 0 amide bonds. The highest BCUT2D eigenvalue weighted by Crippen LogP contribution is 2.36. The summed E-state index contributed by atoms with van der Waals surface area (Å²) in [6, 6.07) is 20.0. The SMILES string of the molecule is COc1ccc(C2CC(=O)c3c(-c4ccccc4)ccnc3C2)cc1. The molecule has 1 unspecified atom stereocenters. The molecule has 0 spiro atoms. The Labute approximate surface area is 147 Å². The van der Waals surface area contributed by atoms with E-state index in [0.29, 0.717) is 6.42 Å². The average Bonchev–Trinajstić information content (AvgIpc) is 2.68. The number of ether oxygens (including phenoxy) is 1. The summed E-state index contributed by atoms with van der Waals surface area (Å²) in [7, 11) is 1.66. The normalized spacial score (nSPS) is 16.4. The van der Waals surface area contributed by atoms with E-state index in [0.717, 1.165) is 40.1 Å². The Hall–Kier alpha value is -2.94. The van der Waals surface area contributed by atoms with Gasteiger partial charge in [0.2, 0.25) is 0 Å². The van der Waals surface area contributed by atoms with Gasteiger partial charge in [0, 0.05) is 18.2 Å². The van der Waals surface area contributed by atoms with Crippen LogP contribution >= 0.6 is 0 Å². The van der Waals surface area contributed by atoms with Crippen LogP contribution in [0.4, 0.5) is 0 Å². The molecule has 1 aromatic heterocycles. The summed E-state index contributed by atoms with van der Waals surface area (Å²) in [5.41, 5.74) is 4.91. The van der Waals surface area contributed by atoms with Crippen LogP contribution in [0.3, 0.4) is 0 Å². The molecular formula is C22H19NO2. The fraction of sp³-hybridized carbons (Fsp3) is 0.182. The fourth-order valence-corrected chi connectivity index (χ4v) is 3.57. The summed E-state index contributed by atoms with van der Waals surface area (Å²) in [6.45, 7) is 0. The van der Waals surface area contributed by atoms with Crippen molar-refractivity contribution in [3.63, 3.8) is 0 Å². The smallest absolute Gasteiger partial charge is 0.165 e. The van der Waals surface area contributed by atoms with Crippen molar-refractivity contribution < 1.29 is 9.53 Å². The van der Waals surface area contributed by atoms with Crippen molar-refractivity contribution in [1.29, 1.82) is 0 Å². The van der Waals surface area contributed by atoms with Gasteiger partial charge < -0.3 is 4.74 Å². The number of carbonyl (C=O) groups is 1. The molecule has 0 aliphatic heterocycles. The van der Waals surface area contributed by atoms with Gasteiger partial charge in [-0.3, -0.25) is 9.78 Å². The molecule has 3 heteroatoms. The number of hydrogen-bond acceptors (Lipinski definition) is 3. The van der Waals surface area contributed by atoms with Crippen molar-refractivity contribution in [3.05, 3.63) is 83.7 Å². The number of methoxy groups -OCH3 is 1. The lowest BCUT2D eigenvalue weighted by molar-refractivity contribution is 0.0964. The predicted octanol–water partition coefficient (Wildman–Crippen LogP) is 4.67. The van der Waals surface area contributed by atoms with Crippen LogP contribution in [-0.4, -0.2) is 17.9 Å². The fourth-order valence-electron chi connectivity index (χ4n) is 3.57. The van der Waals surface area contributed by atoms with Crippen LogP contribution in [0, 0.1) is 0 Å². The van der Waals surface area contributed by atoms with Crippen molar-refractivity contribution in [3.8, 4) is 16.9 Å². The minimum atomic E-state index is 0.171. The van der Waals surface area contributed by atoms with Gasteiger partial charge in [-0.05, 0) is 47.2 Å². The van der Waals surface area contributed by atoms with E-state index in [2.05, 4.69) is 4.98 Å². The third-order valence-electron chi connectivity index (χ3n) is 4.85. The Bertz CT molecular complexity index is 901. The molecular weight excluding hydrogens is 310 g/mol. The number of fused-ring (bicyclic) bond motifs is 1. The highest BCUT2D eigenvalue weighted by molar-refractivity contribution is 6.04. The zero-order chi connectivity index (χ0) is 17.2. The van der Waals surface area contributed by atoms with Crippen LogP contribution in [0.25, 0.3) is 11.1 Å². The lowest BCUT2D eigenvalue weighted by Crippen LogP contribution is -2.21. The number of carbonyl (C=O) groups excluding carboxylic acids is 1. The van der Waals surface area contributed by atoms with E-state index in [-0.39, 0.29) is 11.7 Å². The summed E-state index contributed by atoms with van der Waals surface area (Å²) in [4.78, 5) is 17.4. The van der Waals surface area contributed by atoms with Crippen LogP contribution in [-0.2, 0) is 6.42 Å². The molecule has 1 aliphatic carbocycles. The predicted molar refractivity (Wildman–Crippen MR) is 98.1 cm³/mol.